The largest absolute Gasteiger partial charge is 0.293 e. The molecular weight excluding hydrogens is 231 g/mol. The van der Waals surface area contributed by atoms with Crippen molar-refractivity contribution < 1.29 is 9.18 Å². The summed E-state index contributed by atoms with van der Waals surface area (Å²) in [6, 6.07) is 7.28. The van der Waals surface area contributed by atoms with Gasteiger partial charge in [0.2, 0.25) is 0 Å². The average molecular weight is 248 g/mol. The summed E-state index contributed by atoms with van der Waals surface area (Å²) in [6.07, 6.45) is 0.373. The summed E-state index contributed by atoms with van der Waals surface area (Å²) in [6.45, 7) is 3.69. The third-order valence-electron chi connectivity index (χ3n) is 3.20. The van der Waals surface area contributed by atoms with Crippen molar-refractivity contribution in [3.63, 3.8) is 0 Å². The van der Waals surface area contributed by atoms with E-state index in [1.807, 2.05) is 18.9 Å². The molecule has 96 valence electrons. The first-order chi connectivity index (χ1) is 8.47. The Balaban J connectivity index is 2.78. The predicted molar refractivity (Wildman–Crippen MR) is 67.6 cm³/mol. The van der Waals surface area contributed by atoms with Gasteiger partial charge < -0.3 is 0 Å². The zero-order valence-electron chi connectivity index (χ0n) is 10.9. The van der Waals surface area contributed by atoms with Crippen LogP contribution in [0.2, 0.25) is 0 Å². The Kier molecular flexibility index (Phi) is 4.99. The molecule has 1 aromatic carbocycles. The van der Waals surface area contributed by atoms with E-state index in [1.54, 1.807) is 6.92 Å². The number of benzene rings is 1. The highest BCUT2D eigenvalue weighted by Gasteiger charge is 2.23. The molecule has 3 nitrogen and oxygen atoms in total. The molecule has 0 aliphatic heterocycles. The van der Waals surface area contributed by atoms with Gasteiger partial charge in [-0.1, -0.05) is 0 Å². The van der Waals surface area contributed by atoms with E-state index in [9.17, 15) is 9.18 Å². The predicted octanol–water partition coefficient (Wildman–Crippen LogP) is 2.63. The fraction of sp³-hybridized carbons (Fsp3) is 0.429. The second-order valence-electron chi connectivity index (χ2n) is 4.42. The van der Waals surface area contributed by atoms with Gasteiger partial charge in [0.05, 0.1) is 18.5 Å². The first-order valence-corrected chi connectivity index (χ1v) is 5.86. The fourth-order valence-corrected chi connectivity index (χ4v) is 1.70. The molecule has 0 aliphatic rings. The van der Waals surface area contributed by atoms with Crippen LogP contribution in [0.1, 0.15) is 30.6 Å². The summed E-state index contributed by atoms with van der Waals surface area (Å²) in [5.74, 6) is -0.423. The Morgan fingerprint density at radius 1 is 1.39 bits per heavy atom. The highest BCUT2D eigenvalue weighted by Crippen LogP contribution is 2.12. The van der Waals surface area contributed by atoms with E-state index in [0.717, 1.165) is 0 Å². The third kappa shape index (κ3) is 3.38. The standard InChI is InChI=1S/C14H17FN2O/c1-10(8-9-16)17(3)11(2)14(18)12-4-6-13(15)7-5-12/h4-7,10-11H,8H2,1-3H3. The molecule has 0 bridgehead atoms. The minimum absolute atomic E-state index is 0.00870. The lowest BCUT2D eigenvalue weighted by Gasteiger charge is -2.28. The Bertz CT molecular complexity index is 450. The Morgan fingerprint density at radius 2 is 1.94 bits per heavy atom. The summed E-state index contributed by atoms with van der Waals surface area (Å²) in [4.78, 5) is 14.0. The molecule has 0 saturated carbocycles. The van der Waals surface area contributed by atoms with Crippen molar-refractivity contribution in [1.29, 1.82) is 5.26 Å². The summed E-state index contributed by atoms with van der Waals surface area (Å²) in [5, 5.41) is 8.65. The van der Waals surface area contributed by atoms with Gasteiger partial charge in [-0.2, -0.15) is 5.26 Å². The molecule has 0 saturated heterocycles. The van der Waals surface area contributed by atoms with Crippen LogP contribution in [0.4, 0.5) is 4.39 Å². The van der Waals surface area contributed by atoms with E-state index in [2.05, 4.69) is 6.07 Å². The van der Waals surface area contributed by atoms with Gasteiger partial charge in [-0.25, -0.2) is 4.39 Å². The van der Waals surface area contributed by atoms with Gasteiger partial charge in [-0.05, 0) is 45.2 Å². The van der Waals surface area contributed by atoms with Crippen molar-refractivity contribution in [3.8, 4) is 6.07 Å². The number of hydrogen-bond donors (Lipinski definition) is 0. The number of nitrogens with zero attached hydrogens (tertiary/aromatic N) is 2. The van der Waals surface area contributed by atoms with Crippen molar-refractivity contribution >= 4 is 5.78 Å². The molecule has 0 spiro atoms. The van der Waals surface area contributed by atoms with E-state index >= 15 is 0 Å². The molecule has 1 rings (SSSR count). The summed E-state index contributed by atoms with van der Waals surface area (Å²) in [7, 11) is 1.81. The summed E-state index contributed by atoms with van der Waals surface area (Å²) >= 11 is 0. The van der Waals surface area contributed by atoms with Gasteiger partial charge >= 0.3 is 0 Å². The van der Waals surface area contributed by atoms with Gasteiger partial charge in [0.25, 0.3) is 0 Å². The first-order valence-electron chi connectivity index (χ1n) is 5.86. The number of hydrogen-bond acceptors (Lipinski definition) is 3. The molecule has 0 amide bonds. The molecule has 18 heavy (non-hydrogen) atoms. The Hall–Kier alpha value is -1.73. The van der Waals surface area contributed by atoms with Crippen LogP contribution in [-0.4, -0.2) is 29.8 Å². The van der Waals surface area contributed by atoms with Crippen LogP contribution in [0.25, 0.3) is 0 Å². The number of likely N-dealkylation sites (N-methyl/N-ethyl adjacent to an activating group) is 1. The van der Waals surface area contributed by atoms with Crippen molar-refractivity contribution in [2.24, 2.45) is 0 Å². The van der Waals surface area contributed by atoms with E-state index in [-0.39, 0.29) is 23.7 Å². The molecule has 1 aromatic rings. The van der Waals surface area contributed by atoms with Crippen LogP contribution in [-0.2, 0) is 0 Å². The topological polar surface area (TPSA) is 44.1 Å². The lowest BCUT2D eigenvalue weighted by atomic mass is 10.0. The fourth-order valence-electron chi connectivity index (χ4n) is 1.70. The molecule has 0 N–H and O–H groups in total. The molecule has 0 aliphatic carbocycles. The molecule has 2 unspecified atom stereocenters. The molecule has 0 aromatic heterocycles. The van der Waals surface area contributed by atoms with Gasteiger partial charge in [-0.15, -0.1) is 0 Å². The molecule has 0 fully saturated rings. The van der Waals surface area contributed by atoms with Crippen molar-refractivity contribution in [2.75, 3.05) is 7.05 Å². The first kappa shape index (κ1) is 14.3. The maximum atomic E-state index is 12.8. The molecular formula is C14H17FN2O. The maximum absolute atomic E-state index is 12.8. The summed E-state index contributed by atoms with van der Waals surface area (Å²) in [5.41, 5.74) is 0.486. The zero-order chi connectivity index (χ0) is 13.7. The van der Waals surface area contributed by atoms with Gasteiger partial charge in [0, 0.05) is 11.6 Å². The van der Waals surface area contributed by atoms with Crippen molar-refractivity contribution in [1.82, 2.24) is 4.90 Å². The molecule has 0 heterocycles. The number of carbonyl (C=O) groups is 1. The van der Waals surface area contributed by atoms with Crippen LogP contribution in [0, 0.1) is 17.1 Å². The lowest BCUT2D eigenvalue weighted by molar-refractivity contribution is 0.0828. The van der Waals surface area contributed by atoms with E-state index in [4.69, 9.17) is 5.26 Å². The zero-order valence-corrected chi connectivity index (χ0v) is 10.9. The maximum Gasteiger partial charge on any atom is 0.179 e. The average Bonchev–Trinajstić information content (AvgIpc) is 2.37. The third-order valence-corrected chi connectivity index (χ3v) is 3.20. The second-order valence-corrected chi connectivity index (χ2v) is 4.42. The van der Waals surface area contributed by atoms with Crippen molar-refractivity contribution in [2.45, 2.75) is 32.4 Å². The molecule has 2 atom stereocenters. The quantitative estimate of drug-likeness (QED) is 0.752. The monoisotopic (exact) mass is 248 g/mol. The number of carbonyl (C=O) groups excluding carboxylic acids is 1. The van der Waals surface area contributed by atoms with Crippen LogP contribution in [0.15, 0.2) is 24.3 Å². The van der Waals surface area contributed by atoms with Crippen LogP contribution >= 0.6 is 0 Å². The summed E-state index contributed by atoms with van der Waals surface area (Å²) < 4.78 is 12.8. The van der Waals surface area contributed by atoms with E-state index in [0.29, 0.717) is 12.0 Å². The number of ketones is 1. The minimum atomic E-state index is -0.356. The molecule has 0 radical (unpaired) electrons. The van der Waals surface area contributed by atoms with Gasteiger partial charge in [0.1, 0.15) is 5.82 Å². The molecule has 4 heteroatoms. The number of nitriles is 1. The van der Waals surface area contributed by atoms with Crippen LogP contribution < -0.4 is 0 Å². The van der Waals surface area contributed by atoms with E-state index in [1.165, 1.54) is 24.3 Å². The lowest BCUT2D eigenvalue weighted by Crippen LogP contribution is -2.41. The Labute approximate surface area is 107 Å². The second kappa shape index (κ2) is 6.27. The van der Waals surface area contributed by atoms with Crippen LogP contribution in [0.5, 0.6) is 0 Å². The highest BCUT2D eigenvalue weighted by atomic mass is 19.1. The van der Waals surface area contributed by atoms with Crippen molar-refractivity contribution in [3.05, 3.63) is 35.6 Å². The van der Waals surface area contributed by atoms with E-state index < -0.39 is 0 Å². The normalized spacial score (nSPS) is 14.0. The number of rotatable bonds is 5. The van der Waals surface area contributed by atoms with Crippen LogP contribution in [0.3, 0.4) is 0 Å². The SMILES string of the molecule is CC(CC#N)N(C)C(C)C(=O)c1ccc(F)cc1. The smallest absolute Gasteiger partial charge is 0.179 e. The van der Waals surface area contributed by atoms with Gasteiger partial charge in [-0.3, -0.25) is 9.69 Å². The van der Waals surface area contributed by atoms with Gasteiger partial charge in [0.15, 0.2) is 5.78 Å². The minimum Gasteiger partial charge on any atom is -0.293 e. The highest BCUT2D eigenvalue weighted by molar-refractivity contribution is 5.99. The number of halogens is 1. The Morgan fingerprint density at radius 3 is 2.44 bits per heavy atom. The number of Topliss-reactive ketones (excluding diaryl/α,β-unsaturated/α-hetero) is 1.